The summed E-state index contributed by atoms with van der Waals surface area (Å²) in [6.45, 7) is 29.1. The molecule has 0 unspecified atom stereocenters. The van der Waals surface area contributed by atoms with Gasteiger partial charge in [0.2, 0.25) is 0 Å². The van der Waals surface area contributed by atoms with Crippen LogP contribution in [0.4, 0.5) is 5.69 Å². The zero-order chi connectivity index (χ0) is 25.8. The van der Waals surface area contributed by atoms with Crippen LogP contribution in [0.15, 0.2) is 12.1 Å². The molecule has 0 aliphatic heterocycles. The molecular formula is C29H53NO2Si2. The highest BCUT2D eigenvalue weighted by molar-refractivity contribution is 6.77. The predicted octanol–water partition coefficient (Wildman–Crippen LogP) is 8.29. The van der Waals surface area contributed by atoms with Crippen LogP contribution in [0, 0.1) is 24.7 Å². The molecule has 1 saturated carbocycles. The quantitative estimate of drug-likeness (QED) is 0.272. The first-order chi connectivity index (χ1) is 15.5. The Morgan fingerprint density at radius 1 is 1.00 bits per heavy atom. The third kappa shape index (κ3) is 4.96. The maximum atomic E-state index is 7.17. The highest BCUT2D eigenvalue weighted by Gasteiger charge is 2.56. The van der Waals surface area contributed by atoms with E-state index >= 15 is 0 Å². The fourth-order valence-electron chi connectivity index (χ4n) is 7.98. The SMILES string of the molecule is Cc1c(N)ccc2c1[C@H]1[C@H](C[C@@H]1C(C)(C)O[Si](C)(C)C)[C@H](CO[Si](C(C)C)(C(C)C)C(C)C)C2. The zero-order valence-corrected chi connectivity index (χ0v) is 26.2. The number of nitrogens with two attached hydrogens (primary N) is 1. The minimum Gasteiger partial charge on any atom is -0.416 e. The summed E-state index contributed by atoms with van der Waals surface area (Å²) in [4.78, 5) is 0. The zero-order valence-electron chi connectivity index (χ0n) is 24.2. The van der Waals surface area contributed by atoms with Gasteiger partial charge in [-0.05, 0) is 116 Å². The minimum absolute atomic E-state index is 0.116. The Morgan fingerprint density at radius 2 is 1.56 bits per heavy atom. The van der Waals surface area contributed by atoms with E-state index in [9.17, 15) is 0 Å². The molecule has 0 amide bonds. The standard InChI is InChI=1S/C29H53NO2Si2/c1-18(2)34(19(3)4,20(5)6)31-17-23-15-22-13-14-26(30)21(7)27(22)28-24(23)16-25(28)29(8,9)32-33(10,11)12/h13-14,18-20,23-25,28H,15-17,30H2,1-12H3/t23-,24+,25-,28-/m0/s1. The van der Waals surface area contributed by atoms with Crippen molar-refractivity contribution in [3.05, 3.63) is 28.8 Å². The molecule has 3 nitrogen and oxygen atoms in total. The number of hydrogen-bond donors (Lipinski definition) is 1. The Hall–Kier alpha value is -0.626. The molecular weight excluding hydrogens is 450 g/mol. The van der Waals surface area contributed by atoms with Crippen LogP contribution in [0.1, 0.15) is 84.4 Å². The molecule has 1 fully saturated rings. The summed E-state index contributed by atoms with van der Waals surface area (Å²) in [7, 11) is -3.52. The Labute approximate surface area is 212 Å². The van der Waals surface area contributed by atoms with Crippen molar-refractivity contribution in [2.75, 3.05) is 12.3 Å². The molecule has 3 rings (SSSR count). The van der Waals surface area contributed by atoms with Crippen molar-refractivity contribution in [3.8, 4) is 0 Å². The smallest absolute Gasteiger partial charge is 0.200 e. The summed E-state index contributed by atoms with van der Waals surface area (Å²) < 4.78 is 14.0. The summed E-state index contributed by atoms with van der Waals surface area (Å²) in [6, 6.07) is 4.43. The molecule has 2 aliphatic rings. The lowest BCUT2D eigenvalue weighted by atomic mass is 9.49. The van der Waals surface area contributed by atoms with E-state index in [-0.39, 0.29) is 5.60 Å². The van der Waals surface area contributed by atoms with Crippen LogP contribution >= 0.6 is 0 Å². The summed E-state index contributed by atoms with van der Waals surface area (Å²) in [6.07, 6.45) is 2.36. The molecule has 5 heteroatoms. The summed E-state index contributed by atoms with van der Waals surface area (Å²) in [5.41, 5.74) is 13.5. The second-order valence-corrected chi connectivity index (χ2v) is 23.7. The lowest BCUT2D eigenvalue weighted by Crippen LogP contribution is -2.57. The molecule has 4 atom stereocenters. The maximum absolute atomic E-state index is 7.17. The molecule has 1 aromatic rings. The van der Waals surface area contributed by atoms with Crippen molar-refractivity contribution in [2.45, 2.75) is 123 Å². The fraction of sp³-hybridized carbons (Fsp3) is 0.793. The van der Waals surface area contributed by atoms with Crippen LogP contribution in [0.25, 0.3) is 0 Å². The van der Waals surface area contributed by atoms with Gasteiger partial charge in [-0.15, -0.1) is 0 Å². The lowest BCUT2D eigenvalue weighted by Gasteiger charge is -2.59. The van der Waals surface area contributed by atoms with Gasteiger partial charge in [0.25, 0.3) is 0 Å². The monoisotopic (exact) mass is 503 g/mol. The summed E-state index contributed by atoms with van der Waals surface area (Å²) in [5, 5.41) is 0. The second-order valence-electron chi connectivity index (χ2n) is 13.8. The summed E-state index contributed by atoms with van der Waals surface area (Å²) >= 11 is 0. The highest BCUT2D eigenvalue weighted by Crippen LogP contribution is 2.61. The molecule has 1 aromatic carbocycles. The predicted molar refractivity (Wildman–Crippen MR) is 153 cm³/mol. The van der Waals surface area contributed by atoms with Gasteiger partial charge in [-0.1, -0.05) is 47.6 Å². The number of fused-ring (bicyclic) bond motifs is 3. The average Bonchev–Trinajstić information content (AvgIpc) is 2.63. The van der Waals surface area contributed by atoms with Gasteiger partial charge in [-0.2, -0.15) is 0 Å². The number of anilines is 1. The van der Waals surface area contributed by atoms with E-state index in [0.29, 0.717) is 40.3 Å². The number of benzene rings is 1. The minimum atomic E-state index is -1.88. The molecule has 0 saturated heterocycles. The molecule has 0 spiro atoms. The molecule has 2 aliphatic carbocycles. The van der Waals surface area contributed by atoms with Crippen LogP contribution in [0.5, 0.6) is 0 Å². The van der Waals surface area contributed by atoms with E-state index in [1.54, 1.807) is 0 Å². The van der Waals surface area contributed by atoms with Gasteiger partial charge >= 0.3 is 0 Å². The van der Waals surface area contributed by atoms with Crippen molar-refractivity contribution < 1.29 is 8.85 Å². The third-order valence-corrected chi connectivity index (χ3v) is 16.4. The maximum Gasteiger partial charge on any atom is 0.200 e. The van der Waals surface area contributed by atoms with Gasteiger partial charge in [-0.3, -0.25) is 0 Å². The molecule has 0 bridgehead atoms. The van der Waals surface area contributed by atoms with Crippen LogP contribution in [0.2, 0.25) is 36.3 Å². The second kappa shape index (κ2) is 9.68. The molecule has 34 heavy (non-hydrogen) atoms. The van der Waals surface area contributed by atoms with Crippen LogP contribution in [-0.4, -0.2) is 28.8 Å². The van der Waals surface area contributed by atoms with Crippen LogP contribution in [0.3, 0.4) is 0 Å². The van der Waals surface area contributed by atoms with E-state index < -0.39 is 16.6 Å². The molecule has 194 valence electrons. The van der Waals surface area contributed by atoms with Crippen molar-refractivity contribution in [3.63, 3.8) is 0 Å². The van der Waals surface area contributed by atoms with Crippen LogP contribution < -0.4 is 5.73 Å². The fourth-order valence-corrected chi connectivity index (χ4v) is 15.2. The molecule has 0 heterocycles. The first-order valence-corrected chi connectivity index (χ1v) is 19.3. The lowest BCUT2D eigenvalue weighted by molar-refractivity contribution is -0.0753. The van der Waals surface area contributed by atoms with Crippen molar-refractivity contribution >= 4 is 22.3 Å². The third-order valence-electron chi connectivity index (χ3n) is 9.21. The topological polar surface area (TPSA) is 44.5 Å². The van der Waals surface area contributed by atoms with Crippen molar-refractivity contribution in [2.24, 2.45) is 17.8 Å². The van der Waals surface area contributed by atoms with E-state index in [1.807, 2.05) is 0 Å². The summed E-state index contributed by atoms with van der Waals surface area (Å²) in [5.74, 6) is 2.32. The average molecular weight is 504 g/mol. The van der Waals surface area contributed by atoms with Gasteiger partial charge in [-0.25, -0.2) is 0 Å². The van der Waals surface area contributed by atoms with E-state index in [0.717, 1.165) is 18.7 Å². The van der Waals surface area contributed by atoms with Crippen molar-refractivity contribution in [1.29, 1.82) is 0 Å². The first-order valence-electron chi connectivity index (χ1n) is 13.7. The molecule has 0 aromatic heterocycles. The Morgan fingerprint density at radius 3 is 2.06 bits per heavy atom. The highest BCUT2D eigenvalue weighted by atomic mass is 28.4. The van der Waals surface area contributed by atoms with Crippen LogP contribution in [-0.2, 0) is 15.3 Å². The van der Waals surface area contributed by atoms with E-state index in [1.165, 1.54) is 23.1 Å². The Balaban J connectivity index is 1.95. The van der Waals surface area contributed by atoms with Gasteiger partial charge in [0, 0.05) is 12.3 Å². The van der Waals surface area contributed by atoms with Crippen molar-refractivity contribution in [1.82, 2.24) is 0 Å². The largest absolute Gasteiger partial charge is 0.416 e. The normalized spacial score (nSPS) is 25.5. The molecule has 0 radical (unpaired) electrons. The number of nitrogen functional groups attached to an aromatic ring is 1. The number of rotatable bonds is 9. The number of hydrogen-bond acceptors (Lipinski definition) is 3. The van der Waals surface area contributed by atoms with E-state index in [2.05, 4.69) is 94.1 Å². The Bertz CT molecular complexity index is 850. The van der Waals surface area contributed by atoms with E-state index in [4.69, 9.17) is 14.6 Å². The Kier molecular flexibility index (Phi) is 7.96. The van der Waals surface area contributed by atoms with Gasteiger partial charge < -0.3 is 14.6 Å². The van der Waals surface area contributed by atoms with Gasteiger partial charge in [0.05, 0.1) is 5.60 Å². The molecule has 2 N–H and O–H groups in total. The van der Waals surface area contributed by atoms with Gasteiger partial charge in [0.15, 0.2) is 16.6 Å². The first kappa shape index (κ1) is 28.0. The van der Waals surface area contributed by atoms with Gasteiger partial charge in [0.1, 0.15) is 0 Å².